The summed E-state index contributed by atoms with van der Waals surface area (Å²) in [5, 5.41) is 0. The molecule has 0 amide bonds. The highest BCUT2D eigenvalue weighted by Crippen LogP contribution is 2.42. The van der Waals surface area contributed by atoms with E-state index in [1.165, 1.54) is 33.3 Å². The molecule has 0 radical (unpaired) electrons. The molecule has 3 aromatic carbocycles. The highest BCUT2D eigenvalue weighted by atomic mass is 35.5. The Balaban J connectivity index is 1.36. The maximum absolute atomic E-state index is 6.39. The summed E-state index contributed by atoms with van der Waals surface area (Å²) in [7, 11) is 0. The zero-order chi connectivity index (χ0) is 28.7. The molecule has 214 valence electrons. The van der Waals surface area contributed by atoms with Crippen molar-refractivity contribution in [3.05, 3.63) is 125 Å². The molecule has 42 heavy (non-hydrogen) atoms. The lowest BCUT2D eigenvalue weighted by atomic mass is 9.98. The molecule has 0 fully saturated rings. The van der Waals surface area contributed by atoms with Gasteiger partial charge in [-0.2, -0.15) is 0 Å². The lowest BCUT2D eigenvalue weighted by molar-refractivity contribution is 0.119. The fourth-order valence-corrected chi connectivity index (χ4v) is 5.85. The lowest BCUT2D eigenvalue weighted by Crippen LogP contribution is -1.97. The molecule has 6 rings (SSSR count). The molecule has 5 heteroatoms. The first-order valence-corrected chi connectivity index (χ1v) is 15.3. The number of hydrogen-bond acceptors (Lipinski definition) is 3. The van der Waals surface area contributed by atoms with Crippen molar-refractivity contribution in [2.75, 3.05) is 12.5 Å². The number of rotatable bonds is 14. The molecule has 0 spiro atoms. The van der Waals surface area contributed by atoms with Crippen LogP contribution in [-0.4, -0.2) is 16.9 Å². The molecule has 0 saturated carbocycles. The predicted molar refractivity (Wildman–Crippen MR) is 172 cm³/mol. The van der Waals surface area contributed by atoms with Crippen LogP contribution in [0.25, 0.3) is 27.7 Å². The molecule has 0 aliphatic heterocycles. The summed E-state index contributed by atoms with van der Waals surface area (Å²) in [5.41, 5.74) is 10.7. The van der Waals surface area contributed by atoms with E-state index in [2.05, 4.69) is 78.1 Å². The van der Waals surface area contributed by atoms with Crippen molar-refractivity contribution < 1.29 is 14.2 Å². The molecule has 0 N–H and O–H groups in total. The summed E-state index contributed by atoms with van der Waals surface area (Å²) in [6.07, 6.45) is 2.83. The van der Waals surface area contributed by atoms with Gasteiger partial charge >= 0.3 is 0 Å². The number of aromatic nitrogens is 1. The smallest absolute Gasteiger partial charge is 0.143 e. The largest absolute Gasteiger partial charge is 0.489 e. The Morgan fingerprint density at radius 1 is 0.690 bits per heavy atom. The second-order valence-corrected chi connectivity index (χ2v) is 10.9. The molecule has 3 heterocycles. The van der Waals surface area contributed by atoms with Gasteiger partial charge in [-0.25, -0.2) is 0 Å². The van der Waals surface area contributed by atoms with Crippen LogP contribution in [0.4, 0.5) is 0 Å². The number of benzene rings is 3. The molecule has 0 aliphatic rings. The Labute approximate surface area is 252 Å². The van der Waals surface area contributed by atoms with Gasteiger partial charge < -0.3 is 18.6 Å². The number of ether oxygens (including phenoxy) is 3. The zero-order valence-electron chi connectivity index (χ0n) is 24.0. The van der Waals surface area contributed by atoms with Crippen LogP contribution in [0.3, 0.4) is 0 Å². The molecular weight excluding hydrogens is 542 g/mol. The third-order valence-corrected chi connectivity index (χ3v) is 7.99. The minimum atomic E-state index is 0.520. The van der Waals surface area contributed by atoms with Crippen LogP contribution in [0.2, 0.25) is 0 Å². The van der Waals surface area contributed by atoms with Crippen LogP contribution >= 0.6 is 11.6 Å². The number of nitrogens with zero attached hydrogens (tertiary/aromatic N) is 1. The molecule has 3 aromatic heterocycles. The second kappa shape index (κ2) is 13.3. The van der Waals surface area contributed by atoms with Crippen LogP contribution in [0.5, 0.6) is 11.5 Å². The number of alkyl halides is 1. The highest BCUT2D eigenvalue weighted by Gasteiger charge is 2.23. The Hall–Kier alpha value is -3.99. The van der Waals surface area contributed by atoms with E-state index in [1.54, 1.807) is 0 Å². The van der Waals surface area contributed by atoms with Crippen LogP contribution in [0.15, 0.2) is 103 Å². The molecule has 0 bridgehead atoms. The topological polar surface area (TPSA) is 32.1 Å². The minimum absolute atomic E-state index is 0.520. The average molecular weight is 578 g/mol. The van der Waals surface area contributed by atoms with Crippen molar-refractivity contribution in [3.8, 4) is 22.6 Å². The zero-order valence-corrected chi connectivity index (χ0v) is 24.8. The summed E-state index contributed by atoms with van der Waals surface area (Å²) in [6.45, 7) is 4.52. The number of hydrogen-bond donors (Lipinski definition) is 0. The van der Waals surface area contributed by atoms with Gasteiger partial charge in [0.2, 0.25) is 0 Å². The van der Waals surface area contributed by atoms with E-state index in [4.69, 9.17) is 25.8 Å². The summed E-state index contributed by atoms with van der Waals surface area (Å²) >= 11 is 5.89. The fourth-order valence-electron chi connectivity index (χ4n) is 5.66. The molecule has 4 nitrogen and oxygen atoms in total. The van der Waals surface area contributed by atoms with Gasteiger partial charge in [0, 0.05) is 23.6 Å². The van der Waals surface area contributed by atoms with Crippen molar-refractivity contribution in [3.63, 3.8) is 0 Å². The maximum atomic E-state index is 6.39. The quantitative estimate of drug-likeness (QED) is 0.0954. The number of pyridine rings is 1. The van der Waals surface area contributed by atoms with E-state index in [9.17, 15) is 0 Å². The molecule has 0 saturated heterocycles. The van der Waals surface area contributed by atoms with E-state index in [-0.39, 0.29) is 0 Å². The van der Waals surface area contributed by atoms with Crippen LogP contribution in [-0.2, 0) is 31.0 Å². The van der Waals surface area contributed by atoms with Crippen LogP contribution in [0, 0.1) is 0 Å². The first-order chi connectivity index (χ1) is 20.8. The van der Waals surface area contributed by atoms with Crippen LogP contribution in [0.1, 0.15) is 42.0 Å². The minimum Gasteiger partial charge on any atom is -0.489 e. The normalized spacial score (nSPS) is 11.5. The summed E-state index contributed by atoms with van der Waals surface area (Å²) < 4.78 is 21.0. The van der Waals surface area contributed by atoms with E-state index in [1.807, 2.05) is 36.4 Å². The summed E-state index contributed by atoms with van der Waals surface area (Å²) in [5.74, 6) is 2.39. The van der Waals surface area contributed by atoms with Crippen LogP contribution < -0.4 is 9.47 Å². The summed E-state index contributed by atoms with van der Waals surface area (Å²) in [4.78, 5) is 0. The third-order valence-electron chi connectivity index (χ3n) is 7.73. The van der Waals surface area contributed by atoms with E-state index >= 15 is 0 Å². The molecular formula is C37H36ClNO3. The first kappa shape index (κ1) is 28.1. The third kappa shape index (κ3) is 5.97. The first-order valence-electron chi connectivity index (χ1n) is 14.8. The van der Waals surface area contributed by atoms with E-state index in [0.717, 1.165) is 47.4 Å². The average Bonchev–Trinajstić information content (AvgIpc) is 3.58. The van der Waals surface area contributed by atoms with Gasteiger partial charge in [-0.05, 0) is 71.8 Å². The van der Waals surface area contributed by atoms with Gasteiger partial charge in [0.1, 0.15) is 24.7 Å². The Morgan fingerprint density at radius 2 is 1.38 bits per heavy atom. The van der Waals surface area contributed by atoms with Crippen molar-refractivity contribution in [1.29, 1.82) is 0 Å². The van der Waals surface area contributed by atoms with E-state index < -0.39 is 0 Å². The van der Waals surface area contributed by atoms with Crippen molar-refractivity contribution in [2.24, 2.45) is 0 Å². The van der Waals surface area contributed by atoms with Gasteiger partial charge in [-0.3, -0.25) is 0 Å². The standard InChI is InChI=1S/C37H36ClNO3/c1-2-32-33-19-20-35(42-25-28-13-7-4-8-14-28)34-23-30(26-40-22-10-9-21-38)37(39(33)34)36(32)29-15-17-31(18-16-29)41-24-27-11-5-3-6-12-27/h3-8,11-20,23H,2,9-10,21-22,24-26H2,1H3. The molecule has 0 aliphatic carbocycles. The highest BCUT2D eigenvalue weighted by molar-refractivity contribution is 6.17. The summed E-state index contributed by atoms with van der Waals surface area (Å²) in [6, 6.07) is 35.6. The fraction of sp³-hybridized carbons (Fsp3) is 0.243. The number of aryl methyl sites for hydroxylation is 1. The van der Waals surface area contributed by atoms with Crippen molar-refractivity contribution in [2.45, 2.75) is 46.0 Å². The number of unbranched alkanes of at least 4 members (excludes halogenated alkanes) is 1. The van der Waals surface area contributed by atoms with E-state index in [0.29, 0.717) is 32.3 Å². The van der Waals surface area contributed by atoms with Crippen molar-refractivity contribution in [1.82, 2.24) is 4.40 Å². The van der Waals surface area contributed by atoms with Gasteiger partial charge in [-0.15, -0.1) is 11.6 Å². The molecule has 0 atom stereocenters. The Kier molecular flexibility index (Phi) is 8.93. The predicted octanol–water partition coefficient (Wildman–Crippen LogP) is 9.45. The van der Waals surface area contributed by atoms with Gasteiger partial charge in [-0.1, -0.05) is 79.7 Å². The van der Waals surface area contributed by atoms with Gasteiger partial charge in [0.25, 0.3) is 0 Å². The number of halogens is 1. The monoisotopic (exact) mass is 577 g/mol. The second-order valence-electron chi connectivity index (χ2n) is 10.6. The van der Waals surface area contributed by atoms with Gasteiger partial charge in [0.15, 0.2) is 0 Å². The molecule has 0 unspecified atom stereocenters. The SMILES string of the molecule is CCc1c(-c2ccc(OCc3ccccc3)cc2)c2c(COCCCCCl)cc3c(OCc4ccccc4)ccc1n32. The van der Waals surface area contributed by atoms with Gasteiger partial charge in [0.05, 0.1) is 23.2 Å². The van der Waals surface area contributed by atoms with Crippen molar-refractivity contribution >= 4 is 28.2 Å². The lowest BCUT2D eigenvalue weighted by Gasteiger charge is -2.10. The maximum Gasteiger partial charge on any atom is 0.143 e. The molecule has 6 aromatic rings. The Morgan fingerprint density at radius 3 is 2.05 bits per heavy atom. The Bertz CT molecular complexity index is 1710.